The highest BCUT2D eigenvalue weighted by molar-refractivity contribution is 6.79. The molecule has 0 unspecified atom stereocenters. The molecular weight excluding hydrogens is 157 g/mol. The highest BCUT2D eigenvalue weighted by Gasteiger charge is 2.48. The SMILES string of the molecule is CCC[Si](C)(C)C(F)(F)F. The van der Waals surface area contributed by atoms with Crippen LogP contribution in [0.5, 0.6) is 0 Å². The molecule has 4 heteroatoms. The zero-order valence-corrected chi connectivity index (χ0v) is 7.55. The van der Waals surface area contributed by atoms with Gasteiger partial charge in [0.25, 0.3) is 0 Å². The third kappa shape index (κ3) is 2.32. The van der Waals surface area contributed by atoms with Gasteiger partial charge in [-0.15, -0.1) is 0 Å². The van der Waals surface area contributed by atoms with E-state index in [4.69, 9.17) is 0 Å². The van der Waals surface area contributed by atoms with E-state index in [9.17, 15) is 13.2 Å². The van der Waals surface area contributed by atoms with Gasteiger partial charge in [0.1, 0.15) is 0 Å². The lowest BCUT2D eigenvalue weighted by molar-refractivity contribution is -0.0562. The quantitative estimate of drug-likeness (QED) is 0.558. The lowest BCUT2D eigenvalue weighted by Crippen LogP contribution is -2.44. The average Bonchev–Trinajstić information content (AvgIpc) is 1.61. The van der Waals surface area contributed by atoms with Crippen LogP contribution in [-0.2, 0) is 0 Å². The van der Waals surface area contributed by atoms with Gasteiger partial charge in [-0.2, -0.15) is 13.2 Å². The van der Waals surface area contributed by atoms with E-state index < -0.39 is 13.9 Å². The standard InChI is InChI=1S/C6H13F3Si/c1-4-5-10(2,3)6(7,8)9/h4-5H2,1-3H3. The van der Waals surface area contributed by atoms with Crippen LogP contribution in [0.2, 0.25) is 19.1 Å². The van der Waals surface area contributed by atoms with E-state index in [1.807, 2.05) is 0 Å². The first-order chi connectivity index (χ1) is 4.31. The summed E-state index contributed by atoms with van der Waals surface area (Å²) in [5.41, 5.74) is 0. The topological polar surface area (TPSA) is 0 Å². The molecule has 0 saturated carbocycles. The van der Waals surface area contributed by atoms with E-state index in [-0.39, 0.29) is 0 Å². The van der Waals surface area contributed by atoms with Crippen molar-refractivity contribution in [3.63, 3.8) is 0 Å². The van der Waals surface area contributed by atoms with Crippen LogP contribution in [0.1, 0.15) is 13.3 Å². The Balaban J connectivity index is 4.10. The molecule has 0 saturated heterocycles. The van der Waals surface area contributed by atoms with Crippen molar-refractivity contribution in [3.8, 4) is 0 Å². The van der Waals surface area contributed by atoms with E-state index in [0.717, 1.165) is 0 Å². The molecule has 0 aliphatic rings. The van der Waals surface area contributed by atoms with Crippen LogP contribution in [0.15, 0.2) is 0 Å². The maximum atomic E-state index is 12.1. The Morgan fingerprint density at radius 1 is 1.20 bits per heavy atom. The molecule has 0 bridgehead atoms. The molecule has 10 heavy (non-hydrogen) atoms. The summed E-state index contributed by atoms with van der Waals surface area (Å²) >= 11 is 0. The van der Waals surface area contributed by atoms with Crippen molar-refractivity contribution in [2.75, 3.05) is 0 Å². The first-order valence-electron chi connectivity index (χ1n) is 3.38. The fourth-order valence-corrected chi connectivity index (χ4v) is 2.30. The molecule has 0 N–H and O–H groups in total. The first-order valence-corrected chi connectivity index (χ1v) is 6.58. The number of alkyl halides is 3. The van der Waals surface area contributed by atoms with Crippen molar-refractivity contribution >= 4 is 8.07 Å². The highest BCUT2D eigenvalue weighted by atomic mass is 28.3. The van der Waals surface area contributed by atoms with E-state index in [0.29, 0.717) is 12.5 Å². The van der Waals surface area contributed by atoms with Crippen LogP contribution in [0.3, 0.4) is 0 Å². The minimum atomic E-state index is -3.91. The van der Waals surface area contributed by atoms with Gasteiger partial charge in [-0.25, -0.2) is 0 Å². The Kier molecular flexibility index (Phi) is 2.95. The summed E-state index contributed by atoms with van der Waals surface area (Å²) in [6.45, 7) is 4.54. The van der Waals surface area contributed by atoms with Gasteiger partial charge in [-0.1, -0.05) is 26.4 Å². The van der Waals surface area contributed by atoms with Crippen LogP contribution < -0.4 is 0 Å². The zero-order valence-electron chi connectivity index (χ0n) is 6.55. The van der Waals surface area contributed by atoms with Crippen LogP contribution >= 0.6 is 0 Å². The average molecular weight is 170 g/mol. The van der Waals surface area contributed by atoms with E-state index >= 15 is 0 Å². The minimum Gasteiger partial charge on any atom is -0.177 e. The summed E-state index contributed by atoms with van der Waals surface area (Å²) in [5, 5.41) is 0. The van der Waals surface area contributed by atoms with Crippen molar-refractivity contribution in [3.05, 3.63) is 0 Å². The molecule has 62 valence electrons. The Morgan fingerprint density at radius 3 is 1.70 bits per heavy atom. The molecule has 0 aromatic heterocycles. The van der Waals surface area contributed by atoms with Gasteiger partial charge in [0.2, 0.25) is 0 Å². The van der Waals surface area contributed by atoms with Crippen LogP contribution in [0, 0.1) is 0 Å². The number of rotatable bonds is 2. The van der Waals surface area contributed by atoms with Gasteiger partial charge in [-0.3, -0.25) is 0 Å². The third-order valence-corrected chi connectivity index (χ3v) is 4.93. The Bertz CT molecular complexity index is 106. The van der Waals surface area contributed by atoms with Crippen molar-refractivity contribution < 1.29 is 13.2 Å². The van der Waals surface area contributed by atoms with Gasteiger partial charge in [-0.05, 0) is 6.04 Å². The van der Waals surface area contributed by atoms with E-state index in [1.54, 1.807) is 6.92 Å². The van der Waals surface area contributed by atoms with Crippen LogP contribution in [0.4, 0.5) is 13.2 Å². The second-order valence-electron chi connectivity index (χ2n) is 3.13. The van der Waals surface area contributed by atoms with Gasteiger partial charge in [0, 0.05) is 0 Å². The van der Waals surface area contributed by atoms with E-state index in [1.165, 1.54) is 13.1 Å². The molecule has 0 nitrogen and oxygen atoms in total. The molecule has 0 amide bonds. The summed E-state index contributed by atoms with van der Waals surface area (Å²) in [6.07, 6.45) is 0.638. The monoisotopic (exact) mass is 170 g/mol. The third-order valence-electron chi connectivity index (χ3n) is 1.64. The molecular formula is C6H13F3Si. The van der Waals surface area contributed by atoms with Crippen molar-refractivity contribution in [2.45, 2.75) is 38.3 Å². The van der Waals surface area contributed by atoms with E-state index in [2.05, 4.69) is 0 Å². The van der Waals surface area contributed by atoms with Crippen LogP contribution in [0.25, 0.3) is 0 Å². The molecule has 0 aliphatic heterocycles. The molecule has 0 spiro atoms. The predicted molar refractivity (Wildman–Crippen MR) is 38.6 cm³/mol. The Labute approximate surface area is 60.4 Å². The summed E-state index contributed by atoms with van der Waals surface area (Å²) in [4.78, 5) is 0. The fourth-order valence-electron chi connectivity index (χ4n) is 0.767. The van der Waals surface area contributed by atoms with Gasteiger partial charge >= 0.3 is 5.80 Å². The van der Waals surface area contributed by atoms with Gasteiger partial charge < -0.3 is 0 Å². The zero-order chi connectivity index (χ0) is 8.41. The number of halogens is 3. The molecule has 0 aliphatic carbocycles. The lowest BCUT2D eigenvalue weighted by atomic mass is 10.6. The Hall–Kier alpha value is 0.00688. The minimum absolute atomic E-state index is 0.344. The van der Waals surface area contributed by atoms with Gasteiger partial charge in [0.05, 0.1) is 0 Å². The molecule has 0 radical (unpaired) electrons. The summed E-state index contributed by atoms with van der Waals surface area (Å²) in [5.74, 6) is -3.91. The molecule has 0 rings (SSSR count). The summed E-state index contributed by atoms with van der Waals surface area (Å²) < 4.78 is 36.2. The number of hydrogen-bond acceptors (Lipinski definition) is 0. The van der Waals surface area contributed by atoms with Crippen molar-refractivity contribution in [2.24, 2.45) is 0 Å². The normalized spacial score (nSPS) is 13.8. The number of hydrogen-bond donors (Lipinski definition) is 0. The molecule has 0 heterocycles. The predicted octanol–water partition coefficient (Wildman–Crippen LogP) is 3.21. The smallest absolute Gasteiger partial charge is 0.177 e. The van der Waals surface area contributed by atoms with Crippen LogP contribution in [-0.4, -0.2) is 13.9 Å². The molecule has 0 atom stereocenters. The van der Waals surface area contributed by atoms with Crippen molar-refractivity contribution in [1.29, 1.82) is 0 Å². The lowest BCUT2D eigenvalue weighted by Gasteiger charge is -2.24. The second kappa shape index (κ2) is 2.94. The first kappa shape index (κ1) is 10.0. The Morgan fingerprint density at radius 2 is 1.60 bits per heavy atom. The highest BCUT2D eigenvalue weighted by Crippen LogP contribution is 2.32. The molecule has 0 aromatic carbocycles. The van der Waals surface area contributed by atoms with Crippen molar-refractivity contribution in [1.82, 2.24) is 0 Å². The molecule has 0 fully saturated rings. The van der Waals surface area contributed by atoms with Gasteiger partial charge in [0.15, 0.2) is 8.07 Å². The largest absolute Gasteiger partial charge is 0.361 e. The fraction of sp³-hybridized carbons (Fsp3) is 1.00. The maximum Gasteiger partial charge on any atom is 0.361 e. The second-order valence-corrected chi connectivity index (χ2v) is 7.97. The molecule has 0 aromatic rings. The summed E-state index contributed by atoms with van der Waals surface area (Å²) in [6, 6.07) is 0.344. The maximum absolute atomic E-state index is 12.1. The summed E-state index contributed by atoms with van der Waals surface area (Å²) in [7, 11) is -2.90.